The first kappa shape index (κ1) is 26.0. The number of benzene rings is 3. The summed E-state index contributed by atoms with van der Waals surface area (Å²) in [7, 11) is 0. The van der Waals surface area contributed by atoms with E-state index in [2.05, 4.69) is 23.1 Å². The van der Waals surface area contributed by atoms with Gasteiger partial charge < -0.3 is 15.0 Å². The topological polar surface area (TPSA) is 99.8 Å². The molecule has 1 atom stereocenters. The van der Waals surface area contributed by atoms with Crippen LogP contribution in [-0.4, -0.2) is 30.9 Å². The molecule has 1 aliphatic rings. The van der Waals surface area contributed by atoms with Crippen molar-refractivity contribution in [2.45, 2.75) is 26.7 Å². The highest BCUT2D eigenvalue weighted by molar-refractivity contribution is 6.31. The van der Waals surface area contributed by atoms with Crippen LogP contribution in [-0.2, 0) is 20.8 Å². The number of rotatable bonds is 9. The lowest BCUT2D eigenvalue weighted by molar-refractivity contribution is -0.125. The fourth-order valence-corrected chi connectivity index (χ4v) is 4.15. The van der Waals surface area contributed by atoms with Crippen molar-refractivity contribution in [3.05, 3.63) is 82.9 Å². The molecule has 0 unspecified atom stereocenters. The maximum absolute atomic E-state index is 12.8. The highest BCUT2D eigenvalue weighted by Gasteiger charge is 2.35. The van der Waals surface area contributed by atoms with Crippen molar-refractivity contribution in [3.8, 4) is 5.75 Å². The number of carbonyl (C=O) groups excluding carboxylic acids is 3. The number of nitrogens with one attached hydrogen (secondary N) is 3. The van der Waals surface area contributed by atoms with Crippen LogP contribution in [0.1, 0.15) is 24.5 Å². The van der Waals surface area contributed by atoms with E-state index in [4.69, 9.17) is 16.3 Å². The third kappa shape index (κ3) is 6.80. The number of ether oxygens (including phenoxy) is 1. The number of hydrogen-bond acceptors (Lipinski definition) is 5. The Balaban J connectivity index is 1.32. The SMILES string of the molecule is CCc1ccc(NC(=O)COc2ccc(Cl)cc2NNC(=O)[C@H]2CC(=O)N(c3ccc(C)cc3)C2)cc1. The zero-order valence-corrected chi connectivity index (χ0v) is 21.5. The van der Waals surface area contributed by atoms with Gasteiger partial charge in [0.05, 0.1) is 11.6 Å². The number of nitrogens with zero attached hydrogens (tertiary/aromatic N) is 1. The predicted octanol–water partition coefficient (Wildman–Crippen LogP) is 4.72. The molecule has 0 aliphatic carbocycles. The van der Waals surface area contributed by atoms with E-state index in [-0.39, 0.29) is 37.3 Å². The van der Waals surface area contributed by atoms with Gasteiger partial charge in [0, 0.05) is 29.4 Å². The molecule has 4 rings (SSSR count). The fraction of sp³-hybridized carbons (Fsp3) is 0.250. The lowest BCUT2D eigenvalue weighted by Crippen LogP contribution is -2.36. The number of aryl methyl sites for hydroxylation is 2. The monoisotopic (exact) mass is 520 g/mol. The largest absolute Gasteiger partial charge is 0.482 e. The van der Waals surface area contributed by atoms with E-state index in [1.54, 1.807) is 23.1 Å². The van der Waals surface area contributed by atoms with Crippen LogP contribution < -0.4 is 25.8 Å². The Hall–Kier alpha value is -4.04. The summed E-state index contributed by atoms with van der Waals surface area (Å²) in [6, 6.07) is 20.0. The van der Waals surface area contributed by atoms with Crippen LogP contribution in [0.2, 0.25) is 5.02 Å². The van der Waals surface area contributed by atoms with Gasteiger partial charge in [-0.15, -0.1) is 0 Å². The number of hydrogen-bond donors (Lipinski definition) is 3. The fourth-order valence-electron chi connectivity index (χ4n) is 3.98. The summed E-state index contributed by atoms with van der Waals surface area (Å²) in [5.74, 6) is -0.942. The first-order chi connectivity index (χ1) is 17.8. The molecule has 9 heteroatoms. The summed E-state index contributed by atoms with van der Waals surface area (Å²) in [4.78, 5) is 39.3. The molecule has 0 radical (unpaired) electrons. The maximum Gasteiger partial charge on any atom is 0.262 e. The Bertz CT molecular complexity index is 1280. The van der Waals surface area contributed by atoms with E-state index in [0.717, 1.165) is 17.7 Å². The Morgan fingerprint density at radius 2 is 1.78 bits per heavy atom. The van der Waals surface area contributed by atoms with Crippen molar-refractivity contribution < 1.29 is 19.1 Å². The van der Waals surface area contributed by atoms with Gasteiger partial charge in [0.15, 0.2) is 6.61 Å². The molecule has 0 bridgehead atoms. The minimum absolute atomic E-state index is 0.105. The Kier molecular flexibility index (Phi) is 8.30. The molecule has 1 saturated heterocycles. The minimum Gasteiger partial charge on any atom is -0.482 e. The zero-order chi connectivity index (χ0) is 26.4. The van der Waals surface area contributed by atoms with Crippen LogP contribution in [0.5, 0.6) is 5.75 Å². The molecule has 1 heterocycles. The third-order valence-corrected chi connectivity index (χ3v) is 6.34. The van der Waals surface area contributed by atoms with Crippen molar-refractivity contribution >= 4 is 46.4 Å². The van der Waals surface area contributed by atoms with Crippen molar-refractivity contribution in [3.63, 3.8) is 0 Å². The highest BCUT2D eigenvalue weighted by Crippen LogP contribution is 2.29. The second-order valence-corrected chi connectivity index (χ2v) is 9.32. The molecule has 0 saturated carbocycles. The van der Waals surface area contributed by atoms with Crippen molar-refractivity contribution in [1.82, 2.24) is 5.43 Å². The molecular weight excluding hydrogens is 492 g/mol. The summed E-state index contributed by atoms with van der Waals surface area (Å²) in [5.41, 5.74) is 9.57. The number of amides is 3. The van der Waals surface area contributed by atoms with Crippen LogP contribution in [0.3, 0.4) is 0 Å². The van der Waals surface area contributed by atoms with Crippen LogP contribution in [0.4, 0.5) is 17.1 Å². The van der Waals surface area contributed by atoms with Gasteiger partial charge >= 0.3 is 0 Å². The average Bonchev–Trinajstić information content (AvgIpc) is 3.29. The summed E-state index contributed by atoms with van der Waals surface area (Å²) < 4.78 is 5.68. The molecule has 3 aromatic rings. The van der Waals surface area contributed by atoms with Gasteiger partial charge in [-0.1, -0.05) is 48.4 Å². The van der Waals surface area contributed by atoms with E-state index in [1.165, 1.54) is 5.56 Å². The minimum atomic E-state index is -0.519. The maximum atomic E-state index is 12.8. The molecule has 0 aromatic heterocycles. The molecule has 37 heavy (non-hydrogen) atoms. The summed E-state index contributed by atoms with van der Waals surface area (Å²) in [6.45, 7) is 4.09. The van der Waals surface area contributed by atoms with Gasteiger partial charge in [-0.25, -0.2) is 0 Å². The van der Waals surface area contributed by atoms with Gasteiger partial charge in [-0.2, -0.15) is 0 Å². The second-order valence-electron chi connectivity index (χ2n) is 8.88. The van der Waals surface area contributed by atoms with Gasteiger partial charge in [0.2, 0.25) is 11.8 Å². The molecule has 1 aliphatic heterocycles. The van der Waals surface area contributed by atoms with Crippen LogP contribution in [0, 0.1) is 12.8 Å². The predicted molar refractivity (Wildman–Crippen MR) is 145 cm³/mol. The van der Waals surface area contributed by atoms with E-state index >= 15 is 0 Å². The molecule has 192 valence electrons. The molecule has 3 amide bonds. The molecule has 3 N–H and O–H groups in total. The summed E-state index contributed by atoms with van der Waals surface area (Å²) in [5, 5.41) is 3.21. The van der Waals surface area contributed by atoms with E-state index in [0.29, 0.717) is 22.1 Å². The number of carbonyl (C=O) groups is 3. The van der Waals surface area contributed by atoms with Gasteiger partial charge in [0.25, 0.3) is 5.91 Å². The molecule has 8 nitrogen and oxygen atoms in total. The van der Waals surface area contributed by atoms with E-state index in [1.807, 2.05) is 55.5 Å². The summed E-state index contributed by atoms with van der Waals surface area (Å²) in [6.07, 6.45) is 1.03. The Morgan fingerprint density at radius 1 is 1.05 bits per heavy atom. The number of hydrazine groups is 1. The second kappa shape index (κ2) is 11.8. The number of anilines is 3. The standard InChI is InChI=1S/C28H29ClN4O4/c1-3-19-6-9-22(10-7-19)30-26(34)17-37-25-13-8-21(29)15-24(25)31-32-28(36)20-14-27(35)33(16-20)23-11-4-18(2)5-12-23/h4-13,15,20,31H,3,14,16-17H2,1-2H3,(H,30,34)(H,32,36)/t20-/m0/s1. The molecular formula is C28H29ClN4O4. The first-order valence-electron chi connectivity index (χ1n) is 12.1. The van der Waals surface area contributed by atoms with Crippen LogP contribution in [0.25, 0.3) is 0 Å². The summed E-state index contributed by atoms with van der Waals surface area (Å²) >= 11 is 6.13. The van der Waals surface area contributed by atoms with Gasteiger partial charge in [-0.3, -0.25) is 25.2 Å². The zero-order valence-electron chi connectivity index (χ0n) is 20.7. The molecule has 1 fully saturated rings. The first-order valence-corrected chi connectivity index (χ1v) is 12.4. The smallest absolute Gasteiger partial charge is 0.262 e. The van der Waals surface area contributed by atoms with Crippen LogP contribution in [0.15, 0.2) is 66.7 Å². The third-order valence-electron chi connectivity index (χ3n) is 6.11. The molecule has 0 spiro atoms. The normalized spacial score (nSPS) is 14.8. The highest BCUT2D eigenvalue weighted by atomic mass is 35.5. The Morgan fingerprint density at radius 3 is 2.49 bits per heavy atom. The average molecular weight is 521 g/mol. The van der Waals surface area contributed by atoms with Gasteiger partial charge in [-0.05, 0) is 61.4 Å². The van der Waals surface area contributed by atoms with E-state index < -0.39 is 5.92 Å². The van der Waals surface area contributed by atoms with Crippen LogP contribution >= 0.6 is 11.6 Å². The Labute approximate surface area is 220 Å². The van der Waals surface area contributed by atoms with Crippen molar-refractivity contribution in [2.24, 2.45) is 5.92 Å². The lowest BCUT2D eigenvalue weighted by atomic mass is 10.1. The van der Waals surface area contributed by atoms with Crippen molar-refractivity contribution in [2.75, 3.05) is 28.8 Å². The van der Waals surface area contributed by atoms with Crippen molar-refractivity contribution in [1.29, 1.82) is 0 Å². The number of halogens is 1. The quantitative estimate of drug-likeness (QED) is 0.354. The van der Waals surface area contributed by atoms with Gasteiger partial charge in [0.1, 0.15) is 5.75 Å². The molecule has 3 aromatic carbocycles. The lowest BCUT2D eigenvalue weighted by Gasteiger charge is -2.18. The van der Waals surface area contributed by atoms with E-state index in [9.17, 15) is 14.4 Å².